The monoisotopic (exact) mass is 320 g/mol. The summed E-state index contributed by atoms with van der Waals surface area (Å²) < 4.78 is 2.10. The lowest BCUT2D eigenvalue weighted by Crippen LogP contribution is -2.26. The number of pyridine rings is 1. The molecule has 0 spiro atoms. The number of aryl methyl sites for hydroxylation is 1. The molecule has 0 saturated heterocycles. The minimum atomic E-state index is 0.472. The molecule has 2 heterocycles. The highest BCUT2D eigenvalue weighted by molar-refractivity contribution is 5.27. The summed E-state index contributed by atoms with van der Waals surface area (Å²) in [5.74, 6) is 0. The molecule has 24 heavy (non-hydrogen) atoms. The Kier molecular flexibility index (Phi) is 5.75. The van der Waals surface area contributed by atoms with Crippen LogP contribution in [0.5, 0.6) is 0 Å². The van der Waals surface area contributed by atoms with Crippen LogP contribution < -0.4 is 5.32 Å². The maximum Gasteiger partial charge on any atom is 0.0949 e. The van der Waals surface area contributed by atoms with Gasteiger partial charge < -0.3 is 9.88 Å². The SMILES string of the molecule is CC(CCc1ccncc1)NCc1ccccc1Cn1ccnc1. The van der Waals surface area contributed by atoms with Crippen molar-refractivity contribution in [1.29, 1.82) is 0 Å². The van der Waals surface area contributed by atoms with Crippen LogP contribution in [0.1, 0.15) is 30.0 Å². The van der Waals surface area contributed by atoms with E-state index < -0.39 is 0 Å². The van der Waals surface area contributed by atoms with E-state index in [9.17, 15) is 0 Å². The Hall–Kier alpha value is -2.46. The highest BCUT2D eigenvalue weighted by Crippen LogP contribution is 2.11. The van der Waals surface area contributed by atoms with Gasteiger partial charge in [-0.1, -0.05) is 24.3 Å². The van der Waals surface area contributed by atoms with Crippen LogP contribution in [0.2, 0.25) is 0 Å². The molecule has 1 aromatic carbocycles. The smallest absolute Gasteiger partial charge is 0.0949 e. The van der Waals surface area contributed by atoms with Gasteiger partial charge in [-0.2, -0.15) is 0 Å². The number of hydrogen-bond acceptors (Lipinski definition) is 3. The molecule has 1 atom stereocenters. The fraction of sp³-hybridized carbons (Fsp3) is 0.300. The van der Waals surface area contributed by atoms with E-state index in [-0.39, 0.29) is 0 Å². The fourth-order valence-corrected chi connectivity index (χ4v) is 2.78. The van der Waals surface area contributed by atoms with Crippen molar-refractivity contribution in [3.63, 3.8) is 0 Å². The zero-order chi connectivity index (χ0) is 16.6. The van der Waals surface area contributed by atoms with Crippen molar-refractivity contribution in [3.05, 3.63) is 84.2 Å². The molecule has 0 saturated carbocycles. The molecule has 0 fully saturated rings. The lowest BCUT2D eigenvalue weighted by Gasteiger charge is -2.16. The normalized spacial score (nSPS) is 12.2. The van der Waals surface area contributed by atoms with E-state index in [2.05, 4.69) is 63.2 Å². The second kappa shape index (κ2) is 8.41. The van der Waals surface area contributed by atoms with E-state index in [0.717, 1.165) is 25.9 Å². The summed E-state index contributed by atoms with van der Waals surface area (Å²) in [5.41, 5.74) is 4.03. The van der Waals surface area contributed by atoms with Gasteiger partial charge in [-0.05, 0) is 48.6 Å². The van der Waals surface area contributed by atoms with Crippen molar-refractivity contribution in [3.8, 4) is 0 Å². The molecule has 1 unspecified atom stereocenters. The molecule has 0 amide bonds. The first kappa shape index (κ1) is 16.4. The lowest BCUT2D eigenvalue weighted by atomic mass is 10.1. The van der Waals surface area contributed by atoms with Gasteiger partial charge in [0.05, 0.1) is 6.33 Å². The molecule has 0 aliphatic heterocycles. The molecule has 0 radical (unpaired) electrons. The third-order valence-electron chi connectivity index (χ3n) is 4.29. The number of nitrogens with one attached hydrogen (secondary N) is 1. The minimum absolute atomic E-state index is 0.472. The van der Waals surface area contributed by atoms with Crippen LogP contribution in [0.15, 0.2) is 67.5 Å². The Morgan fingerprint density at radius 1 is 1.00 bits per heavy atom. The summed E-state index contributed by atoms with van der Waals surface area (Å²) in [4.78, 5) is 8.18. The lowest BCUT2D eigenvalue weighted by molar-refractivity contribution is 0.512. The van der Waals surface area contributed by atoms with Crippen molar-refractivity contribution in [2.75, 3.05) is 0 Å². The van der Waals surface area contributed by atoms with Crippen LogP contribution in [0, 0.1) is 0 Å². The maximum atomic E-state index is 4.12. The van der Waals surface area contributed by atoms with Crippen LogP contribution in [0.3, 0.4) is 0 Å². The molecule has 2 aromatic heterocycles. The molecule has 3 aromatic rings. The highest BCUT2D eigenvalue weighted by Gasteiger charge is 2.06. The van der Waals surface area contributed by atoms with Crippen LogP contribution in [-0.2, 0) is 19.5 Å². The van der Waals surface area contributed by atoms with Crippen molar-refractivity contribution in [2.24, 2.45) is 0 Å². The second-order valence-electron chi connectivity index (χ2n) is 6.18. The van der Waals surface area contributed by atoms with Gasteiger partial charge in [-0.25, -0.2) is 4.98 Å². The van der Waals surface area contributed by atoms with E-state index in [1.807, 2.05) is 31.1 Å². The van der Waals surface area contributed by atoms with Crippen LogP contribution >= 0.6 is 0 Å². The Morgan fingerprint density at radius 2 is 1.79 bits per heavy atom. The Balaban J connectivity index is 1.52. The summed E-state index contributed by atoms with van der Waals surface area (Å²) in [7, 11) is 0. The molecule has 0 bridgehead atoms. The third kappa shape index (κ3) is 4.77. The van der Waals surface area contributed by atoms with Gasteiger partial charge in [0.2, 0.25) is 0 Å². The van der Waals surface area contributed by atoms with E-state index in [4.69, 9.17) is 0 Å². The van der Waals surface area contributed by atoms with E-state index >= 15 is 0 Å². The topological polar surface area (TPSA) is 42.7 Å². The predicted molar refractivity (Wildman–Crippen MR) is 96.6 cm³/mol. The molecule has 1 N–H and O–H groups in total. The standard InChI is InChI=1S/C20H24N4/c1-17(6-7-18-8-10-21-11-9-18)23-14-19-4-2-3-5-20(19)15-24-13-12-22-16-24/h2-5,8-13,16-17,23H,6-7,14-15H2,1H3. The zero-order valence-electron chi connectivity index (χ0n) is 14.1. The van der Waals surface area contributed by atoms with Crippen molar-refractivity contribution >= 4 is 0 Å². The van der Waals surface area contributed by atoms with Gasteiger partial charge >= 0.3 is 0 Å². The number of rotatable bonds is 8. The van der Waals surface area contributed by atoms with Crippen LogP contribution in [-0.4, -0.2) is 20.6 Å². The summed E-state index contributed by atoms with van der Waals surface area (Å²) in [6.45, 7) is 4.01. The van der Waals surface area contributed by atoms with Gasteiger partial charge in [-0.15, -0.1) is 0 Å². The third-order valence-corrected chi connectivity index (χ3v) is 4.29. The first-order valence-electron chi connectivity index (χ1n) is 8.46. The van der Waals surface area contributed by atoms with Crippen molar-refractivity contribution < 1.29 is 0 Å². The molecular weight excluding hydrogens is 296 g/mol. The molecule has 3 rings (SSSR count). The number of hydrogen-bond donors (Lipinski definition) is 1. The number of imidazole rings is 1. The molecule has 4 heteroatoms. The summed E-state index contributed by atoms with van der Waals surface area (Å²) in [5, 5.41) is 3.65. The summed E-state index contributed by atoms with van der Waals surface area (Å²) in [6.07, 6.45) is 11.6. The second-order valence-corrected chi connectivity index (χ2v) is 6.18. The number of benzene rings is 1. The predicted octanol–water partition coefficient (Wildman–Crippen LogP) is 3.44. The fourth-order valence-electron chi connectivity index (χ4n) is 2.78. The average molecular weight is 320 g/mol. The largest absolute Gasteiger partial charge is 0.333 e. The molecular formula is C20H24N4. The zero-order valence-corrected chi connectivity index (χ0v) is 14.1. The summed E-state index contributed by atoms with van der Waals surface area (Å²) >= 11 is 0. The van der Waals surface area contributed by atoms with E-state index in [1.54, 1.807) is 0 Å². The summed E-state index contributed by atoms with van der Waals surface area (Å²) in [6, 6.07) is 13.3. The Labute approximate surface area is 143 Å². The minimum Gasteiger partial charge on any atom is -0.333 e. The van der Waals surface area contributed by atoms with Crippen molar-refractivity contribution in [1.82, 2.24) is 19.9 Å². The Bertz CT molecular complexity index is 722. The van der Waals surface area contributed by atoms with E-state index in [1.165, 1.54) is 16.7 Å². The molecule has 4 nitrogen and oxygen atoms in total. The quantitative estimate of drug-likeness (QED) is 0.691. The Morgan fingerprint density at radius 3 is 2.54 bits per heavy atom. The van der Waals surface area contributed by atoms with Gasteiger partial charge in [0.25, 0.3) is 0 Å². The van der Waals surface area contributed by atoms with Gasteiger partial charge in [0, 0.05) is 43.9 Å². The maximum absolute atomic E-state index is 4.12. The van der Waals surface area contributed by atoms with Crippen LogP contribution in [0.4, 0.5) is 0 Å². The highest BCUT2D eigenvalue weighted by atomic mass is 15.0. The first-order valence-corrected chi connectivity index (χ1v) is 8.46. The van der Waals surface area contributed by atoms with E-state index in [0.29, 0.717) is 6.04 Å². The molecule has 124 valence electrons. The number of aromatic nitrogens is 3. The first-order chi connectivity index (χ1) is 11.8. The average Bonchev–Trinajstić information content (AvgIpc) is 3.13. The van der Waals surface area contributed by atoms with Crippen LogP contribution in [0.25, 0.3) is 0 Å². The van der Waals surface area contributed by atoms with Gasteiger partial charge in [-0.3, -0.25) is 4.98 Å². The molecule has 0 aliphatic carbocycles. The van der Waals surface area contributed by atoms with Gasteiger partial charge in [0.1, 0.15) is 0 Å². The van der Waals surface area contributed by atoms with Gasteiger partial charge in [0.15, 0.2) is 0 Å². The number of nitrogens with zero attached hydrogens (tertiary/aromatic N) is 3. The molecule has 0 aliphatic rings. The van der Waals surface area contributed by atoms with Crippen molar-refractivity contribution in [2.45, 2.75) is 38.9 Å².